The van der Waals surface area contributed by atoms with Gasteiger partial charge in [0.25, 0.3) is 0 Å². The number of hydrogen-bond donors (Lipinski definition) is 1. The molecule has 5 heteroatoms. The van der Waals surface area contributed by atoms with Gasteiger partial charge in [0.15, 0.2) is 0 Å². The largest absolute Gasteiger partial charge is 0.492 e. The molecule has 0 saturated carbocycles. The van der Waals surface area contributed by atoms with Crippen molar-refractivity contribution < 1.29 is 4.74 Å². The Bertz CT molecular complexity index is 397. The topological polar surface area (TPSA) is 24.5 Å². The van der Waals surface area contributed by atoms with Crippen molar-refractivity contribution in [3.63, 3.8) is 0 Å². The van der Waals surface area contributed by atoms with Gasteiger partial charge in [-0.05, 0) is 39.2 Å². The van der Waals surface area contributed by atoms with Crippen LogP contribution in [0.2, 0.25) is 10.0 Å². The zero-order chi connectivity index (χ0) is 14.3. The van der Waals surface area contributed by atoms with Gasteiger partial charge >= 0.3 is 0 Å². The summed E-state index contributed by atoms with van der Waals surface area (Å²) in [5, 5.41) is 4.47. The van der Waals surface area contributed by atoms with Crippen molar-refractivity contribution in [1.29, 1.82) is 0 Å². The molecule has 1 aromatic carbocycles. The summed E-state index contributed by atoms with van der Waals surface area (Å²) in [4.78, 5) is 2.13. The maximum Gasteiger partial charge on any atom is 0.142 e. The van der Waals surface area contributed by atoms with Crippen LogP contribution in [0.25, 0.3) is 0 Å². The number of benzene rings is 1. The quantitative estimate of drug-likeness (QED) is 0.745. The minimum atomic E-state index is 0.574. The second kappa shape index (κ2) is 8.64. The first-order chi connectivity index (χ1) is 9.04. The summed E-state index contributed by atoms with van der Waals surface area (Å²) in [6, 6.07) is 3.62. The molecule has 0 atom stereocenters. The second-order valence-electron chi connectivity index (χ2n) is 4.66. The van der Waals surface area contributed by atoms with E-state index in [4.69, 9.17) is 27.9 Å². The molecule has 0 amide bonds. The van der Waals surface area contributed by atoms with Crippen LogP contribution in [0, 0.1) is 0 Å². The summed E-state index contributed by atoms with van der Waals surface area (Å²) < 4.78 is 5.81. The predicted molar refractivity (Wildman–Crippen MR) is 82.5 cm³/mol. The van der Waals surface area contributed by atoms with Crippen molar-refractivity contribution in [3.8, 4) is 5.75 Å². The molecule has 0 spiro atoms. The summed E-state index contributed by atoms with van der Waals surface area (Å²) in [6.45, 7) is 5.31. The van der Waals surface area contributed by atoms with Gasteiger partial charge in [0.1, 0.15) is 5.75 Å². The molecule has 3 nitrogen and oxygen atoms in total. The molecular formula is C14H22Cl2N2O. The molecule has 1 rings (SSSR count). The average molecular weight is 305 g/mol. The predicted octanol–water partition coefficient (Wildman–Crippen LogP) is 3.43. The highest BCUT2D eigenvalue weighted by molar-refractivity contribution is 6.35. The number of hydrogen-bond acceptors (Lipinski definition) is 3. The molecule has 0 aromatic heterocycles. The van der Waals surface area contributed by atoms with Crippen molar-refractivity contribution in [2.24, 2.45) is 0 Å². The molecule has 0 aliphatic heterocycles. The van der Waals surface area contributed by atoms with E-state index in [0.29, 0.717) is 23.2 Å². The Balaban J connectivity index is 2.68. The smallest absolute Gasteiger partial charge is 0.142 e. The van der Waals surface area contributed by atoms with Crippen LogP contribution < -0.4 is 10.1 Å². The fourth-order valence-electron chi connectivity index (χ4n) is 1.72. The molecule has 0 heterocycles. The second-order valence-corrected chi connectivity index (χ2v) is 5.51. The molecule has 0 saturated heterocycles. The molecule has 1 N–H and O–H groups in total. The van der Waals surface area contributed by atoms with Gasteiger partial charge < -0.3 is 15.0 Å². The van der Waals surface area contributed by atoms with E-state index < -0.39 is 0 Å². The van der Waals surface area contributed by atoms with Crippen molar-refractivity contribution in [1.82, 2.24) is 10.2 Å². The molecular weight excluding hydrogens is 283 g/mol. The van der Waals surface area contributed by atoms with E-state index in [-0.39, 0.29) is 0 Å². The van der Waals surface area contributed by atoms with E-state index in [1.807, 2.05) is 20.2 Å². The van der Waals surface area contributed by atoms with E-state index in [2.05, 4.69) is 17.1 Å². The van der Waals surface area contributed by atoms with Gasteiger partial charge in [0.2, 0.25) is 0 Å². The average Bonchev–Trinajstić information content (AvgIpc) is 2.33. The SMILES string of the molecule is CCNCc1cc(Cl)cc(Cl)c1OCCCN(C)C. The van der Waals surface area contributed by atoms with Crippen molar-refractivity contribution in [3.05, 3.63) is 27.7 Å². The van der Waals surface area contributed by atoms with Gasteiger partial charge in [0, 0.05) is 23.7 Å². The Morgan fingerprint density at radius 2 is 2.00 bits per heavy atom. The maximum atomic E-state index is 6.21. The number of rotatable bonds is 8. The van der Waals surface area contributed by atoms with Crippen LogP contribution in [0.4, 0.5) is 0 Å². The minimum absolute atomic E-state index is 0.574. The van der Waals surface area contributed by atoms with E-state index in [1.165, 1.54) is 0 Å². The van der Waals surface area contributed by atoms with Crippen LogP contribution in [-0.2, 0) is 6.54 Å². The van der Waals surface area contributed by atoms with Gasteiger partial charge in [-0.25, -0.2) is 0 Å². The van der Waals surface area contributed by atoms with Crippen molar-refractivity contribution >= 4 is 23.2 Å². The summed E-state index contributed by atoms with van der Waals surface area (Å²) in [6.07, 6.45) is 0.965. The summed E-state index contributed by atoms with van der Waals surface area (Å²) in [7, 11) is 4.09. The first-order valence-corrected chi connectivity index (χ1v) is 7.26. The molecule has 0 bridgehead atoms. The van der Waals surface area contributed by atoms with Crippen LogP contribution >= 0.6 is 23.2 Å². The lowest BCUT2D eigenvalue weighted by molar-refractivity contribution is 0.279. The molecule has 1 aromatic rings. The number of nitrogens with zero attached hydrogens (tertiary/aromatic N) is 1. The van der Waals surface area contributed by atoms with Gasteiger partial charge in [0.05, 0.1) is 11.6 Å². The third-order valence-corrected chi connectivity index (χ3v) is 3.15. The molecule has 0 fully saturated rings. The maximum absolute atomic E-state index is 6.21. The lowest BCUT2D eigenvalue weighted by atomic mass is 10.2. The molecule has 0 aliphatic rings. The van der Waals surface area contributed by atoms with E-state index in [1.54, 1.807) is 6.07 Å². The zero-order valence-electron chi connectivity index (χ0n) is 11.8. The highest BCUT2D eigenvalue weighted by Crippen LogP contribution is 2.32. The molecule has 19 heavy (non-hydrogen) atoms. The minimum Gasteiger partial charge on any atom is -0.492 e. The Labute approximate surface area is 125 Å². The molecule has 0 unspecified atom stereocenters. The third kappa shape index (κ3) is 6.00. The monoisotopic (exact) mass is 304 g/mol. The third-order valence-electron chi connectivity index (χ3n) is 2.65. The van der Waals surface area contributed by atoms with Gasteiger partial charge in [-0.15, -0.1) is 0 Å². The highest BCUT2D eigenvalue weighted by atomic mass is 35.5. The molecule has 0 aliphatic carbocycles. The van der Waals surface area contributed by atoms with E-state index >= 15 is 0 Å². The standard InChI is InChI=1S/C14H22Cl2N2O/c1-4-17-10-11-8-12(15)9-13(16)14(11)19-7-5-6-18(2)3/h8-9,17H,4-7,10H2,1-3H3. The lowest BCUT2D eigenvalue weighted by Crippen LogP contribution is -2.17. The van der Waals surface area contributed by atoms with Crippen molar-refractivity contribution in [2.45, 2.75) is 19.9 Å². The number of halogens is 2. The Morgan fingerprint density at radius 3 is 2.63 bits per heavy atom. The van der Waals surface area contributed by atoms with Crippen LogP contribution in [0.5, 0.6) is 5.75 Å². The summed E-state index contributed by atoms with van der Waals surface area (Å²) >= 11 is 12.2. The van der Waals surface area contributed by atoms with Crippen LogP contribution in [0.1, 0.15) is 18.9 Å². The van der Waals surface area contributed by atoms with Crippen molar-refractivity contribution in [2.75, 3.05) is 33.8 Å². The van der Waals surface area contributed by atoms with E-state index in [9.17, 15) is 0 Å². The highest BCUT2D eigenvalue weighted by Gasteiger charge is 2.10. The summed E-state index contributed by atoms with van der Waals surface area (Å²) in [5.74, 6) is 0.741. The summed E-state index contributed by atoms with van der Waals surface area (Å²) in [5.41, 5.74) is 1.00. The van der Waals surface area contributed by atoms with Gasteiger partial charge in [-0.3, -0.25) is 0 Å². The fourth-order valence-corrected chi connectivity index (χ4v) is 2.31. The Kier molecular flexibility index (Phi) is 7.54. The van der Waals surface area contributed by atoms with Crippen LogP contribution in [0.3, 0.4) is 0 Å². The zero-order valence-corrected chi connectivity index (χ0v) is 13.3. The molecule has 108 valence electrons. The lowest BCUT2D eigenvalue weighted by Gasteiger charge is -2.15. The molecule has 0 radical (unpaired) electrons. The number of nitrogens with one attached hydrogen (secondary N) is 1. The first kappa shape index (κ1) is 16.6. The Morgan fingerprint density at radius 1 is 1.26 bits per heavy atom. The number of ether oxygens (including phenoxy) is 1. The first-order valence-electron chi connectivity index (χ1n) is 6.50. The fraction of sp³-hybridized carbons (Fsp3) is 0.571. The normalized spacial score (nSPS) is 11.1. The van der Waals surface area contributed by atoms with E-state index in [0.717, 1.165) is 30.8 Å². The van der Waals surface area contributed by atoms with Gasteiger partial charge in [-0.2, -0.15) is 0 Å². The van der Waals surface area contributed by atoms with Gasteiger partial charge in [-0.1, -0.05) is 30.1 Å². The van der Waals surface area contributed by atoms with Crippen LogP contribution in [-0.4, -0.2) is 38.7 Å². The Hall–Kier alpha value is -0.480. The van der Waals surface area contributed by atoms with Crippen LogP contribution in [0.15, 0.2) is 12.1 Å².